The molecule has 0 bridgehead atoms. The zero-order valence-corrected chi connectivity index (χ0v) is 12.9. The molecule has 1 atom stereocenters. The van der Waals surface area contributed by atoms with Crippen LogP contribution in [0.2, 0.25) is 0 Å². The molecule has 116 valence electrons. The van der Waals surface area contributed by atoms with Gasteiger partial charge in [-0.3, -0.25) is 0 Å². The fourth-order valence-electron chi connectivity index (χ4n) is 2.72. The van der Waals surface area contributed by atoms with E-state index in [0.717, 1.165) is 32.1 Å². The number of aliphatic carboxylic acids is 1. The van der Waals surface area contributed by atoms with E-state index >= 15 is 0 Å². The number of carboxylic acids is 1. The number of nitrogens with zero attached hydrogens (tertiary/aromatic N) is 1. The number of hydrogen-bond acceptors (Lipinski definition) is 2. The standard InChI is InChI=1S/C15H28N2O3/c1-4-6-11-17(12(3)5-2)14(20)16-15(13(18)19)9-7-8-10-15/h12H,4-11H2,1-3H3,(H,16,20)(H,18,19). The summed E-state index contributed by atoms with van der Waals surface area (Å²) in [6.07, 6.45) is 5.64. The van der Waals surface area contributed by atoms with Crippen LogP contribution in [0.5, 0.6) is 0 Å². The summed E-state index contributed by atoms with van der Waals surface area (Å²) < 4.78 is 0. The fraction of sp³-hybridized carbons (Fsp3) is 0.867. The van der Waals surface area contributed by atoms with E-state index in [0.29, 0.717) is 19.4 Å². The molecule has 1 rings (SSSR count). The van der Waals surface area contributed by atoms with Crippen LogP contribution in [-0.4, -0.2) is 40.1 Å². The van der Waals surface area contributed by atoms with E-state index in [-0.39, 0.29) is 12.1 Å². The Morgan fingerprint density at radius 3 is 2.35 bits per heavy atom. The van der Waals surface area contributed by atoms with Gasteiger partial charge in [-0.25, -0.2) is 9.59 Å². The number of amides is 2. The maximum Gasteiger partial charge on any atom is 0.329 e. The molecule has 0 radical (unpaired) electrons. The quantitative estimate of drug-likeness (QED) is 0.755. The summed E-state index contributed by atoms with van der Waals surface area (Å²) in [5.74, 6) is -0.900. The minimum atomic E-state index is -1.05. The van der Waals surface area contributed by atoms with E-state index in [2.05, 4.69) is 12.2 Å². The van der Waals surface area contributed by atoms with Gasteiger partial charge in [0.2, 0.25) is 0 Å². The van der Waals surface area contributed by atoms with Crippen molar-refractivity contribution < 1.29 is 14.7 Å². The molecule has 0 aromatic rings. The van der Waals surface area contributed by atoms with Gasteiger partial charge in [0.15, 0.2) is 0 Å². The maximum absolute atomic E-state index is 12.5. The average molecular weight is 284 g/mol. The summed E-state index contributed by atoms with van der Waals surface area (Å²) in [5.41, 5.74) is -1.05. The Hall–Kier alpha value is -1.26. The molecule has 5 heteroatoms. The number of nitrogens with one attached hydrogen (secondary N) is 1. The highest BCUT2D eigenvalue weighted by Gasteiger charge is 2.43. The van der Waals surface area contributed by atoms with Crippen LogP contribution in [0.15, 0.2) is 0 Å². The normalized spacial score (nSPS) is 18.6. The highest BCUT2D eigenvalue weighted by molar-refractivity contribution is 5.86. The number of urea groups is 1. The first kappa shape index (κ1) is 16.8. The monoisotopic (exact) mass is 284 g/mol. The molecule has 0 aliphatic heterocycles. The topological polar surface area (TPSA) is 69.6 Å². The van der Waals surface area contributed by atoms with Crippen molar-refractivity contribution >= 4 is 12.0 Å². The second kappa shape index (κ2) is 7.50. The number of carboxylic acid groups (broad SMARTS) is 1. The molecule has 0 aromatic carbocycles. The lowest BCUT2D eigenvalue weighted by Gasteiger charge is -2.33. The summed E-state index contributed by atoms with van der Waals surface area (Å²) in [6, 6.07) is -0.0918. The van der Waals surface area contributed by atoms with Gasteiger partial charge in [-0.05, 0) is 32.6 Å². The van der Waals surface area contributed by atoms with Crippen molar-refractivity contribution in [1.82, 2.24) is 10.2 Å². The molecule has 0 spiro atoms. The van der Waals surface area contributed by atoms with Crippen LogP contribution in [0.3, 0.4) is 0 Å². The number of hydrogen-bond donors (Lipinski definition) is 2. The molecule has 1 aliphatic carbocycles. The predicted molar refractivity (Wildman–Crippen MR) is 78.7 cm³/mol. The Bertz CT molecular complexity index is 338. The first-order valence-corrected chi connectivity index (χ1v) is 7.79. The van der Waals surface area contributed by atoms with Gasteiger partial charge < -0.3 is 15.3 Å². The molecule has 0 aromatic heterocycles. The number of unbranched alkanes of at least 4 members (excludes halogenated alkanes) is 1. The smallest absolute Gasteiger partial charge is 0.329 e. The third kappa shape index (κ3) is 3.87. The van der Waals surface area contributed by atoms with Crippen LogP contribution < -0.4 is 5.32 Å². The molecule has 2 amide bonds. The SMILES string of the molecule is CCCCN(C(=O)NC1(C(=O)O)CCCC1)C(C)CC. The molecule has 0 saturated heterocycles. The van der Waals surface area contributed by atoms with Gasteiger partial charge in [-0.2, -0.15) is 0 Å². The Morgan fingerprint density at radius 2 is 1.90 bits per heavy atom. The van der Waals surface area contributed by atoms with Gasteiger partial charge in [-0.15, -0.1) is 0 Å². The van der Waals surface area contributed by atoms with E-state index in [1.54, 1.807) is 4.90 Å². The molecular weight excluding hydrogens is 256 g/mol. The minimum Gasteiger partial charge on any atom is -0.480 e. The lowest BCUT2D eigenvalue weighted by molar-refractivity contribution is -0.144. The number of rotatable bonds is 7. The van der Waals surface area contributed by atoms with E-state index in [1.165, 1.54) is 0 Å². The summed E-state index contributed by atoms with van der Waals surface area (Å²) in [7, 11) is 0. The van der Waals surface area contributed by atoms with Crippen LogP contribution in [0, 0.1) is 0 Å². The lowest BCUT2D eigenvalue weighted by atomic mass is 9.98. The van der Waals surface area contributed by atoms with Crippen molar-refractivity contribution in [3.8, 4) is 0 Å². The number of carbonyl (C=O) groups excluding carboxylic acids is 1. The molecule has 20 heavy (non-hydrogen) atoms. The van der Waals surface area contributed by atoms with E-state index in [9.17, 15) is 14.7 Å². The third-order valence-corrected chi connectivity index (χ3v) is 4.35. The average Bonchev–Trinajstić information content (AvgIpc) is 2.88. The molecule has 5 nitrogen and oxygen atoms in total. The van der Waals surface area contributed by atoms with Crippen LogP contribution >= 0.6 is 0 Å². The highest BCUT2D eigenvalue weighted by atomic mass is 16.4. The van der Waals surface area contributed by atoms with Crippen LogP contribution in [0.25, 0.3) is 0 Å². The zero-order valence-electron chi connectivity index (χ0n) is 12.9. The van der Waals surface area contributed by atoms with Gasteiger partial charge >= 0.3 is 12.0 Å². The summed E-state index contributed by atoms with van der Waals surface area (Å²) in [5, 5.41) is 12.2. The maximum atomic E-state index is 12.5. The van der Waals surface area contributed by atoms with Gasteiger partial charge in [-0.1, -0.05) is 33.1 Å². The minimum absolute atomic E-state index is 0.133. The van der Waals surface area contributed by atoms with Gasteiger partial charge in [0, 0.05) is 12.6 Å². The first-order chi connectivity index (χ1) is 9.46. The van der Waals surface area contributed by atoms with Crippen LogP contribution in [0.1, 0.15) is 65.7 Å². The van der Waals surface area contributed by atoms with E-state index in [1.807, 2.05) is 13.8 Å². The van der Waals surface area contributed by atoms with Gasteiger partial charge in [0.1, 0.15) is 5.54 Å². The van der Waals surface area contributed by atoms with Crippen molar-refractivity contribution in [1.29, 1.82) is 0 Å². The second-order valence-electron chi connectivity index (χ2n) is 5.83. The largest absolute Gasteiger partial charge is 0.480 e. The summed E-state index contributed by atoms with van der Waals surface area (Å²) >= 11 is 0. The van der Waals surface area contributed by atoms with Gasteiger partial charge in [0.05, 0.1) is 0 Å². The van der Waals surface area contributed by atoms with E-state index in [4.69, 9.17) is 0 Å². The third-order valence-electron chi connectivity index (χ3n) is 4.35. The molecule has 1 saturated carbocycles. The Labute approximate surface area is 121 Å². The highest BCUT2D eigenvalue weighted by Crippen LogP contribution is 2.30. The first-order valence-electron chi connectivity index (χ1n) is 7.79. The Morgan fingerprint density at radius 1 is 1.30 bits per heavy atom. The molecule has 1 unspecified atom stereocenters. The van der Waals surface area contributed by atoms with Gasteiger partial charge in [0.25, 0.3) is 0 Å². The second-order valence-corrected chi connectivity index (χ2v) is 5.83. The molecule has 0 heterocycles. The van der Waals surface area contributed by atoms with Crippen LogP contribution in [-0.2, 0) is 4.79 Å². The molecule has 1 aliphatic rings. The number of carbonyl (C=O) groups is 2. The van der Waals surface area contributed by atoms with E-state index < -0.39 is 11.5 Å². The Kier molecular flexibility index (Phi) is 6.30. The summed E-state index contributed by atoms with van der Waals surface area (Å²) in [6.45, 7) is 6.83. The predicted octanol–water partition coefficient (Wildman–Crippen LogP) is 2.99. The molecule has 2 N–H and O–H groups in total. The van der Waals surface area contributed by atoms with Crippen molar-refractivity contribution in [3.63, 3.8) is 0 Å². The van der Waals surface area contributed by atoms with Crippen molar-refractivity contribution in [2.24, 2.45) is 0 Å². The van der Waals surface area contributed by atoms with Crippen molar-refractivity contribution in [2.75, 3.05) is 6.54 Å². The Balaban J connectivity index is 2.75. The van der Waals surface area contributed by atoms with Crippen LogP contribution in [0.4, 0.5) is 4.79 Å². The summed E-state index contributed by atoms with van der Waals surface area (Å²) in [4.78, 5) is 25.8. The lowest BCUT2D eigenvalue weighted by Crippen LogP contribution is -2.57. The fourth-order valence-corrected chi connectivity index (χ4v) is 2.72. The molecular formula is C15H28N2O3. The van der Waals surface area contributed by atoms with Crippen molar-refractivity contribution in [2.45, 2.75) is 77.3 Å². The van der Waals surface area contributed by atoms with Crippen molar-refractivity contribution in [3.05, 3.63) is 0 Å². The molecule has 1 fully saturated rings. The zero-order chi connectivity index (χ0) is 15.2.